The van der Waals surface area contributed by atoms with Crippen molar-refractivity contribution in [3.8, 4) is 0 Å². The third-order valence-corrected chi connectivity index (χ3v) is 4.70. The molecule has 0 unspecified atom stereocenters. The van der Waals surface area contributed by atoms with Crippen LogP contribution in [-0.2, 0) is 6.54 Å². The van der Waals surface area contributed by atoms with Crippen LogP contribution >= 0.6 is 0 Å². The molecule has 0 bridgehead atoms. The highest BCUT2D eigenvalue weighted by Crippen LogP contribution is 2.23. The van der Waals surface area contributed by atoms with Crippen LogP contribution < -0.4 is 5.32 Å². The van der Waals surface area contributed by atoms with Crippen LogP contribution in [0.25, 0.3) is 11.0 Å². The molecule has 0 saturated heterocycles. The molecule has 4 rings (SSSR count). The Morgan fingerprint density at radius 3 is 2.41 bits per heavy atom. The molecule has 2 heterocycles. The predicted molar refractivity (Wildman–Crippen MR) is 116 cm³/mol. The summed E-state index contributed by atoms with van der Waals surface area (Å²) in [7, 11) is 3.45. The maximum Gasteiger partial charge on any atom is 0.274 e. The third-order valence-electron chi connectivity index (χ3n) is 4.70. The van der Waals surface area contributed by atoms with Gasteiger partial charge in [0.2, 0.25) is 0 Å². The summed E-state index contributed by atoms with van der Waals surface area (Å²) >= 11 is 0. The van der Waals surface area contributed by atoms with Crippen LogP contribution in [0.3, 0.4) is 0 Å². The minimum Gasteiger partial charge on any atom is -0.343 e. The van der Waals surface area contributed by atoms with Crippen molar-refractivity contribution in [1.82, 2.24) is 19.7 Å². The molecule has 6 heteroatoms. The van der Waals surface area contributed by atoms with Crippen LogP contribution in [0.2, 0.25) is 0 Å². The van der Waals surface area contributed by atoms with Gasteiger partial charge in [-0.05, 0) is 36.8 Å². The van der Waals surface area contributed by atoms with Gasteiger partial charge in [-0.15, -0.1) is 0 Å². The molecule has 0 fully saturated rings. The molecule has 2 aromatic carbocycles. The first kappa shape index (κ1) is 18.7. The Hall–Kier alpha value is -3.67. The van der Waals surface area contributed by atoms with Gasteiger partial charge in [0, 0.05) is 19.8 Å². The van der Waals surface area contributed by atoms with Gasteiger partial charge in [0.05, 0.1) is 11.9 Å². The zero-order valence-corrected chi connectivity index (χ0v) is 16.8. The van der Waals surface area contributed by atoms with Crippen molar-refractivity contribution in [2.45, 2.75) is 13.5 Å². The maximum absolute atomic E-state index is 12.6. The molecule has 0 aliphatic rings. The fourth-order valence-electron chi connectivity index (χ4n) is 3.14. The molecular weight excluding hydrogens is 362 g/mol. The van der Waals surface area contributed by atoms with Crippen molar-refractivity contribution in [2.75, 3.05) is 19.4 Å². The highest BCUT2D eigenvalue weighted by atomic mass is 16.2. The summed E-state index contributed by atoms with van der Waals surface area (Å²) in [5.41, 5.74) is 4.35. The van der Waals surface area contributed by atoms with Crippen molar-refractivity contribution >= 4 is 28.4 Å². The van der Waals surface area contributed by atoms with Crippen molar-refractivity contribution in [3.63, 3.8) is 0 Å². The number of nitrogens with zero attached hydrogens (tertiary/aromatic N) is 4. The van der Waals surface area contributed by atoms with E-state index in [1.165, 1.54) is 10.5 Å². The SMILES string of the molecule is Cc1ccc(Nc2ccc3c(C(=O)N(C)C)nn(Cc4ccccc4)c3n2)cc1. The van der Waals surface area contributed by atoms with Gasteiger partial charge in [0.15, 0.2) is 11.3 Å². The van der Waals surface area contributed by atoms with Gasteiger partial charge >= 0.3 is 0 Å². The van der Waals surface area contributed by atoms with Crippen molar-refractivity contribution in [2.24, 2.45) is 0 Å². The van der Waals surface area contributed by atoms with Crippen LogP contribution in [0, 0.1) is 6.92 Å². The van der Waals surface area contributed by atoms with Gasteiger partial charge in [-0.25, -0.2) is 9.67 Å². The van der Waals surface area contributed by atoms with Crippen molar-refractivity contribution < 1.29 is 4.79 Å². The first-order chi connectivity index (χ1) is 14.0. The summed E-state index contributed by atoms with van der Waals surface area (Å²) in [6.07, 6.45) is 0. The number of carbonyl (C=O) groups excluding carboxylic acids is 1. The number of amides is 1. The molecule has 1 N–H and O–H groups in total. The Bertz CT molecular complexity index is 1150. The first-order valence-corrected chi connectivity index (χ1v) is 9.48. The summed E-state index contributed by atoms with van der Waals surface area (Å²) in [6, 6.07) is 22.0. The van der Waals surface area contributed by atoms with E-state index in [2.05, 4.69) is 17.3 Å². The van der Waals surface area contributed by atoms with Crippen molar-refractivity contribution in [1.29, 1.82) is 0 Å². The number of pyridine rings is 1. The monoisotopic (exact) mass is 385 g/mol. The minimum atomic E-state index is -0.136. The van der Waals surface area contributed by atoms with E-state index in [0.29, 0.717) is 23.7 Å². The van der Waals surface area contributed by atoms with Gasteiger partial charge in [-0.2, -0.15) is 5.10 Å². The predicted octanol–water partition coefficient (Wildman–Crippen LogP) is 4.23. The van der Waals surface area contributed by atoms with E-state index in [1.807, 2.05) is 66.7 Å². The molecule has 4 aromatic rings. The number of carbonyl (C=O) groups is 1. The number of anilines is 2. The maximum atomic E-state index is 12.6. The highest BCUT2D eigenvalue weighted by molar-refractivity contribution is 6.04. The highest BCUT2D eigenvalue weighted by Gasteiger charge is 2.20. The topological polar surface area (TPSA) is 63.1 Å². The lowest BCUT2D eigenvalue weighted by Gasteiger charge is -2.08. The van der Waals surface area contributed by atoms with Crippen LogP contribution in [0.5, 0.6) is 0 Å². The van der Waals surface area contributed by atoms with Gasteiger partial charge in [0.1, 0.15) is 5.82 Å². The van der Waals surface area contributed by atoms with Crippen LogP contribution in [-0.4, -0.2) is 39.7 Å². The molecular formula is C23H23N5O. The largest absolute Gasteiger partial charge is 0.343 e. The summed E-state index contributed by atoms with van der Waals surface area (Å²) in [5, 5.41) is 8.67. The standard InChI is InChI=1S/C23H23N5O/c1-16-9-11-18(12-10-16)24-20-14-13-19-21(23(29)27(2)3)26-28(22(19)25-20)15-17-7-5-4-6-8-17/h4-14H,15H2,1-3H3,(H,24,25). The lowest BCUT2D eigenvalue weighted by atomic mass is 10.2. The molecule has 0 radical (unpaired) electrons. The molecule has 6 nitrogen and oxygen atoms in total. The molecule has 29 heavy (non-hydrogen) atoms. The van der Waals surface area contributed by atoms with E-state index in [9.17, 15) is 4.79 Å². The fraction of sp³-hybridized carbons (Fsp3) is 0.174. The number of nitrogens with one attached hydrogen (secondary N) is 1. The van der Waals surface area contributed by atoms with E-state index >= 15 is 0 Å². The molecule has 2 aromatic heterocycles. The minimum absolute atomic E-state index is 0.136. The molecule has 0 saturated carbocycles. The van der Waals surface area contributed by atoms with Crippen molar-refractivity contribution in [3.05, 3.63) is 83.6 Å². The summed E-state index contributed by atoms with van der Waals surface area (Å²) in [6.45, 7) is 2.60. The fourth-order valence-corrected chi connectivity index (χ4v) is 3.14. The van der Waals surface area contributed by atoms with Crippen LogP contribution in [0.15, 0.2) is 66.7 Å². The summed E-state index contributed by atoms with van der Waals surface area (Å²) in [4.78, 5) is 18.9. The molecule has 146 valence electrons. The first-order valence-electron chi connectivity index (χ1n) is 9.48. The number of benzene rings is 2. The Labute approximate surface area is 169 Å². The number of rotatable bonds is 5. The van der Waals surface area contributed by atoms with Crippen LogP contribution in [0.4, 0.5) is 11.5 Å². The number of aryl methyl sites for hydroxylation is 1. The average Bonchev–Trinajstić information content (AvgIpc) is 3.07. The van der Waals surface area contributed by atoms with Crippen LogP contribution in [0.1, 0.15) is 21.6 Å². The molecule has 0 aliphatic carbocycles. The number of hydrogen-bond donors (Lipinski definition) is 1. The van der Waals surface area contributed by atoms with Gasteiger partial charge in [0.25, 0.3) is 5.91 Å². The molecule has 0 aliphatic heterocycles. The molecule has 0 spiro atoms. The quantitative estimate of drug-likeness (QED) is 0.558. The van der Waals surface area contributed by atoms with Gasteiger partial charge in [-0.3, -0.25) is 4.79 Å². The van der Waals surface area contributed by atoms with E-state index < -0.39 is 0 Å². The van der Waals surface area contributed by atoms with E-state index in [1.54, 1.807) is 18.8 Å². The van der Waals surface area contributed by atoms with Gasteiger partial charge < -0.3 is 10.2 Å². The number of aromatic nitrogens is 3. The number of fused-ring (bicyclic) bond motifs is 1. The van der Waals surface area contributed by atoms with E-state index in [-0.39, 0.29) is 5.91 Å². The lowest BCUT2D eigenvalue weighted by molar-refractivity contribution is 0.0823. The normalized spacial score (nSPS) is 10.9. The Morgan fingerprint density at radius 2 is 1.72 bits per heavy atom. The Morgan fingerprint density at radius 1 is 1.00 bits per heavy atom. The second kappa shape index (κ2) is 7.75. The number of hydrogen-bond acceptors (Lipinski definition) is 4. The average molecular weight is 385 g/mol. The second-order valence-electron chi connectivity index (χ2n) is 7.25. The van der Waals surface area contributed by atoms with Gasteiger partial charge in [-0.1, -0.05) is 48.0 Å². The zero-order valence-electron chi connectivity index (χ0n) is 16.8. The summed E-state index contributed by atoms with van der Waals surface area (Å²) in [5.74, 6) is 0.572. The lowest BCUT2D eigenvalue weighted by Crippen LogP contribution is -2.22. The smallest absolute Gasteiger partial charge is 0.274 e. The van der Waals surface area contributed by atoms with E-state index in [0.717, 1.165) is 16.6 Å². The summed E-state index contributed by atoms with van der Waals surface area (Å²) < 4.78 is 1.79. The second-order valence-corrected chi connectivity index (χ2v) is 7.25. The van der Waals surface area contributed by atoms with E-state index in [4.69, 9.17) is 4.98 Å². The Balaban J connectivity index is 1.76. The Kier molecular flexibility index (Phi) is 4.99. The third kappa shape index (κ3) is 3.96. The molecule has 1 amide bonds. The zero-order chi connectivity index (χ0) is 20.4. The molecule has 0 atom stereocenters.